The first-order valence-corrected chi connectivity index (χ1v) is 14.9. The van der Waals surface area contributed by atoms with Gasteiger partial charge < -0.3 is 28.8 Å². The Balaban J connectivity index is 1.67. The van der Waals surface area contributed by atoms with Crippen LogP contribution in [0.25, 0.3) is 10.9 Å². The van der Waals surface area contributed by atoms with Gasteiger partial charge in [-0.2, -0.15) is 4.98 Å². The molecule has 3 unspecified atom stereocenters. The number of para-hydroxylation sites is 1. The maximum Gasteiger partial charge on any atom is 0.218 e. The number of ether oxygens (including phenoxy) is 5. The monoisotopic (exact) mass is 635 g/mol. The topological polar surface area (TPSA) is 95.4 Å². The second-order valence-electron chi connectivity index (χ2n) is 10.6. The van der Waals surface area contributed by atoms with E-state index >= 15 is 0 Å². The van der Waals surface area contributed by atoms with Crippen LogP contribution >= 0.6 is 15.9 Å². The number of aromatic nitrogens is 2. The minimum absolute atomic E-state index is 0.279. The van der Waals surface area contributed by atoms with Crippen molar-refractivity contribution in [3.05, 3.63) is 75.8 Å². The number of nitrogens with zero attached hydrogens (tertiary/aromatic N) is 3. The van der Waals surface area contributed by atoms with Gasteiger partial charge in [-0.1, -0.05) is 28.1 Å². The Morgan fingerprint density at radius 1 is 1.10 bits per heavy atom. The lowest BCUT2D eigenvalue weighted by Gasteiger charge is -2.39. The standard InChI is InChI=1S/C32H34BrN3O6/c1-5-39-27-17-21-18-28(35-27)42-19(2)36(3)12-11-32(21,37)29(23-7-6-8-26-30(23)41-14-13-40-26)24-16-20-15-22(33)9-10-25(20)34-31(24)38-4/h6-10,15-19,29,37H,5,11-14H2,1-4H3. The maximum atomic E-state index is 13.2. The third-order valence-electron chi connectivity index (χ3n) is 7.99. The normalized spacial score (nSPS) is 21.0. The van der Waals surface area contributed by atoms with Gasteiger partial charge in [0.15, 0.2) is 17.7 Å². The van der Waals surface area contributed by atoms with Gasteiger partial charge in [0, 0.05) is 39.7 Å². The van der Waals surface area contributed by atoms with Crippen LogP contribution in [0, 0.1) is 0 Å². The number of rotatable bonds is 6. The molecule has 3 atom stereocenters. The lowest BCUT2D eigenvalue weighted by atomic mass is 9.71. The van der Waals surface area contributed by atoms with E-state index in [-0.39, 0.29) is 6.23 Å². The molecular weight excluding hydrogens is 602 g/mol. The first kappa shape index (κ1) is 28.5. The average Bonchev–Trinajstić information content (AvgIpc) is 3.02. The van der Waals surface area contributed by atoms with E-state index in [0.29, 0.717) is 73.1 Å². The van der Waals surface area contributed by atoms with Crippen LogP contribution in [0.15, 0.2) is 59.1 Å². The minimum atomic E-state index is -1.50. The second-order valence-corrected chi connectivity index (χ2v) is 11.5. The van der Waals surface area contributed by atoms with E-state index in [2.05, 4.69) is 20.9 Å². The van der Waals surface area contributed by atoms with Gasteiger partial charge in [0.1, 0.15) is 18.8 Å². The fraction of sp³-hybridized carbons (Fsp3) is 0.375. The second kappa shape index (κ2) is 11.6. The van der Waals surface area contributed by atoms with Crippen molar-refractivity contribution in [2.75, 3.05) is 40.5 Å². The molecule has 42 heavy (non-hydrogen) atoms. The third kappa shape index (κ3) is 5.23. The number of aliphatic hydroxyl groups is 1. The lowest BCUT2D eigenvalue weighted by molar-refractivity contribution is -0.0116. The molecule has 2 aromatic heterocycles. The Morgan fingerprint density at radius 3 is 2.74 bits per heavy atom. The van der Waals surface area contributed by atoms with Crippen molar-refractivity contribution in [2.45, 2.75) is 38.0 Å². The van der Waals surface area contributed by atoms with E-state index in [1.54, 1.807) is 19.2 Å². The molecule has 0 aliphatic carbocycles. The summed E-state index contributed by atoms with van der Waals surface area (Å²) in [6.07, 6.45) is 0.0691. The van der Waals surface area contributed by atoms with Crippen LogP contribution in [-0.2, 0) is 5.60 Å². The minimum Gasteiger partial charge on any atom is -0.486 e. The predicted octanol–water partition coefficient (Wildman–Crippen LogP) is 5.65. The lowest BCUT2D eigenvalue weighted by Crippen LogP contribution is -2.40. The summed E-state index contributed by atoms with van der Waals surface area (Å²) in [5.41, 5.74) is 1.35. The molecule has 6 rings (SSSR count). The molecule has 4 heterocycles. The summed E-state index contributed by atoms with van der Waals surface area (Å²) in [5, 5.41) is 14.1. The van der Waals surface area contributed by atoms with Gasteiger partial charge in [0.25, 0.3) is 0 Å². The van der Waals surface area contributed by atoms with Crippen molar-refractivity contribution in [1.82, 2.24) is 14.9 Å². The molecule has 2 bridgehead atoms. The first-order valence-electron chi connectivity index (χ1n) is 14.1. The summed E-state index contributed by atoms with van der Waals surface area (Å²) in [5.74, 6) is 1.69. The number of halogens is 1. The molecule has 2 aromatic carbocycles. The maximum absolute atomic E-state index is 13.2. The molecule has 2 aliphatic heterocycles. The number of fused-ring (bicyclic) bond motifs is 4. The van der Waals surface area contributed by atoms with Crippen LogP contribution in [0.5, 0.6) is 29.1 Å². The van der Waals surface area contributed by atoms with Crippen LogP contribution in [0.3, 0.4) is 0 Å². The number of methoxy groups -OCH3 is 1. The molecule has 10 heteroatoms. The molecule has 0 spiro atoms. The number of hydrogen-bond acceptors (Lipinski definition) is 9. The highest BCUT2D eigenvalue weighted by molar-refractivity contribution is 9.10. The SMILES string of the molecule is CCOc1cc2cc(n1)OC(C)N(C)CCC2(O)C(c1cc2cc(Br)ccc2nc1OC)c1cccc2c1OCCO2. The van der Waals surface area contributed by atoms with E-state index in [1.807, 2.05) is 68.3 Å². The zero-order valence-corrected chi connectivity index (χ0v) is 25.7. The Kier molecular flexibility index (Phi) is 7.87. The smallest absolute Gasteiger partial charge is 0.218 e. The molecule has 9 nitrogen and oxygen atoms in total. The van der Waals surface area contributed by atoms with Gasteiger partial charge in [-0.25, -0.2) is 4.98 Å². The van der Waals surface area contributed by atoms with E-state index in [1.165, 1.54) is 0 Å². The van der Waals surface area contributed by atoms with Gasteiger partial charge in [0.2, 0.25) is 17.6 Å². The zero-order valence-electron chi connectivity index (χ0n) is 24.1. The molecular formula is C32H34BrN3O6. The van der Waals surface area contributed by atoms with Gasteiger partial charge >= 0.3 is 0 Å². The quantitative estimate of drug-likeness (QED) is 0.288. The third-order valence-corrected chi connectivity index (χ3v) is 8.48. The van der Waals surface area contributed by atoms with Crippen LogP contribution in [0.1, 0.15) is 42.9 Å². The van der Waals surface area contributed by atoms with Crippen molar-refractivity contribution >= 4 is 26.8 Å². The molecule has 0 amide bonds. The van der Waals surface area contributed by atoms with Crippen molar-refractivity contribution in [3.63, 3.8) is 0 Å². The Bertz CT molecular complexity index is 1620. The Morgan fingerprint density at radius 2 is 1.93 bits per heavy atom. The largest absolute Gasteiger partial charge is 0.486 e. The molecule has 0 saturated carbocycles. The molecule has 2 aliphatic rings. The van der Waals surface area contributed by atoms with Crippen molar-refractivity contribution in [1.29, 1.82) is 0 Å². The molecule has 1 N–H and O–H groups in total. The van der Waals surface area contributed by atoms with Crippen LogP contribution in [-0.4, -0.2) is 66.7 Å². The van der Waals surface area contributed by atoms with E-state index in [4.69, 9.17) is 28.7 Å². The van der Waals surface area contributed by atoms with E-state index in [9.17, 15) is 5.11 Å². The summed E-state index contributed by atoms with van der Waals surface area (Å²) >= 11 is 3.60. The summed E-state index contributed by atoms with van der Waals surface area (Å²) in [6.45, 7) is 5.65. The van der Waals surface area contributed by atoms with Gasteiger partial charge in [-0.15, -0.1) is 0 Å². The molecule has 220 valence electrons. The summed E-state index contributed by atoms with van der Waals surface area (Å²) in [7, 11) is 3.57. The molecule has 4 aromatic rings. The van der Waals surface area contributed by atoms with Crippen LogP contribution < -0.4 is 23.7 Å². The van der Waals surface area contributed by atoms with Crippen molar-refractivity contribution in [2.24, 2.45) is 0 Å². The highest BCUT2D eigenvalue weighted by Crippen LogP contribution is 2.52. The fourth-order valence-electron chi connectivity index (χ4n) is 5.78. The van der Waals surface area contributed by atoms with Gasteiger partial charge in [-0.3, -0.25) is 4.90 Å². The molecule has 0 saturated heterocycles. The predicted molar refractivity (Wildman–Crippen MR) is 162 cm³/mol. The fourth-order valence-corrected chi connectivity index (χ4v) is 6.16. The van der Waals surface area contributed by atoms with Crippen molar-refractivity contribution in [3.8, 4) is 29.1 Å². The van der Waals surface area contributed by atoms with Gasteiger partial charge in [-0.05, 0) is 63.2 Å². The molecule has 0 radical (unpaired) electrons. The van der Waals surface area contributed by atoms with Crippen molar-refractivity contribution < 1.29 is 28.8 Å². The zero-order chi connectivity index (χ0) is 29.4. The summed E-state index contributed by atoms with van der Waals surface area (Å²) in [6, 6.07) is 17.3. The van der Waals surface area contributed by atoms with E-state index < -0.39 is 11.5 Å². The molecule has 0 fully saturated rings. The summed E-state index contributed by atoms with van der Waals surface area (Å²) in [4.78, 5) is 11.5. The Hall–Kier alpha value is -3.60. The van der Waals surface area contributed by atoms with Crippen LogP contribution in [0.2, 0.25) is 0 Å². The summed E-state index contributed by atoms with van der Waals surface area (Å²) < 4.78 is 31.1. The highest BCUT2D eigenvalue weighted by Gasteiger charge is 2.46. The Labute approximate surface area is 253 Å². The van der Waals surface area contributed by atoms with Gasteiger partial charge in [0.05, 0.1) is 25.2 Å². The average molecular weight is 637 g/mol. The van der Waals surface area contributed by atoms with E-state index in [0.717, 1.165) is 20.9 Å². The number of benzene rings is 2. The number of pyridine rings is 2. The first-order chi connectivity index (χ1) is 20.3. The van der Waals surface area contributed by atoms with Crippen LogP contribution in [0.4, 0.5) is 0 Å². The highest BCUT2D eigenvalue weighted by atomic mass is 79.9. The number of hydrogen-bond donors (Lipinski definition) is 1.